The van der Waals surface area contributed by atoms with Crippen LogP contribution in [-0.4, -0.2) is 25.1 Å². The number of nitrogens with one attached hydrogen (secondary N) is 1. The molecule has 2 heterocycles. The Morgan fingerprint density at radius 2 is 2.33 bits per heavy atom. The molecule has 0 radical (unpaired) electrons. The topological polar surface area (TPSA) is 28.2 Å². The number of aromatic nitrogens is 1. The number of piperidine rings is 1. The third kappa shape index (κ3) is 3.02. The number of anilines is 1. The molecule has 0 aliphatic carbocycles. The third-order valence-corrected chi connectivity index (χ3v) is 4.11. The van der Waals surface area contributed by atoms with Gasteiger partial charge in [0, 0.05) is 19.1 Å². The molecule has 2 rings (SSSR count). The molecule has 1 aliphatic heterocycles. The number of nitrogens with zero attached hydrogens (tertiary/aromatic N) is 2. The third-order valence-electron chi connectivity index (χ3n) is 4.11. The zero-order valence-corrected chi connectivity index (χ0v) is 11.8. The number of rotatable bonds is 4. The SMILES string of the molecule is CCC1CCCN(c2ccc(C(C)NC)nc2)C1. The summed E-state index contributed by atoms with van der Waals surface area (Å²) in [7, 11) is 1.97. The van der Waals surface area contributed by atoms with E-state index < -0.39 is 0 Å². The lowest BCUT2D eigenvalue weighted by molar-refractivity contribution is 0.404. The lowest BCUT2D eigenvalue weighted by Crippen LogP contribution is -2.35. The lowest BCUT2D eigenvalue weighted by Gasteiger charge is -2.33. The molecule has 1 aliphatic rings. The van der Waals surface area contributed by atoms with E-state index >= 15 is 0 Å². The van der Waals surface area contributed by atoms with E-state index in [1.165, 1.54) is 38.0 Å². The normalized spacial score (nSPS) is 21.9. The van der Waals surface area contributed by atoms with Crippen LogP contribution in [-0.2, 0) is 0 Å². The first-order chi connectivity index (χ1) is 8.74. The van der Waals surface area contributed by atoms with Gasteiger partial charge in [-0.05, 0) is 44.9 Å². The second-order valence-corrected chi connectivity index (χ2v) is 5.31. The Bertz CT molecular complexity index is 361. The van der Waals surface area contributed by atoms with E-state index in [1.54, 1.807) is 0 Å². The smallest absolute Gasteiger partial charge is 0.0571 e. The fourth-order valence-corrected chi connectivity index (χ4v) is 2.62. The van der Waals surface area contributed by atoms with Crippen LogP contribution in [0.2, 0.25) is 0 Å². The molecule has 0 bridgehead atoms. The van der Waals surface area contributed by atoms with Gasteiger partial charge < -0.3 is 10.2 Å². The molecule has 1 saturated heterocycles. The quantitative estimate of drug-likeness (QED) is 0.886. The van der Waals surface area contributed by atoms with Gasteiger partial charge in [0.15, 0.2) is 0 Å². The van der Waals surface area contributed by atoms with E-state index in [2.05, 4.69) is 41.2 Å². The molecule has 18 heavy (non-hydrogen) atoms. The molecule has 0 spiro atoms. The fourth-order valence-electron chi connectivity index (χ4n) is 2.62. The Kier molecular flexibility index (Phi) is 4.59. The van der Waals surface area contributed by atoms with Crippen LogP contribution >= 0.6 is 0 Å². The molecule has 1 fully saturated rings. The van der Waals surface area contributed by atoms with Crippen LogP contribution in [0.15, 0.2) is 18.3 Å². The summed E-state index contributed by atoms with van der Waals surface area (Å²) < 4.78 is 0. The molecule has 0 amide bonds. The Morgan fingerprint density at radius 3 is 2.94 bits per heavy atom. The number of hydrogen-bond donors (Lipinski definition) is 1. The lowest BCUT2D eigenvalue weighted by atomic mass is 9.95. The molecule has 0 aromatic carbocycles. The minimum atomic E-state index is 0.323. The van der Waals surface area contributed by atoms with Gasteiger partial charge in [0.1, 0.15) is 0 Å². The fraction of sp³-hybridized carbons (Fsp3) is 0.667. The van der Waals surface area contributed by atoms with Gasteiger partial charge in [-0.2, -0.15) is 0 Å². The summed E-state index contributed by atoms with van der Waals surface area (Å²) in [5.74, 6) is 0.856. The summed E-state index contributed by atoms with van der Waals surface area (Å²) in [6.07, 6.45) is 6.02. The first kappa shape index (κ1) is 13.3. The maximum atomic E-state index is 4.57. The maximum absolute atomic E-state index is 4.57. The predicted molar refractivity (Wildman–Crippen MR) is 76.9 cm³/mol. The maximum Gasteiger partial charge on any atom is 0.0571 e. The molecular weight excluding hydrogens is 222 g/mol. The van der Waals surface area contributed by atoms with Crippen LogP contribution < -0.4 is 10.2 Å². The molecule has 3 heteroatoms. The first-order valence-electron chi connectivity index (χ1n) is 7.12. The van der Waals surface area contributed by atoms with Crippen LogP contribution in [0.4, 0.5) is 5.69 Å². The van der Waals surface area contributed by atoms with Crippen molar-refractivity contribution in [3.8, 4) is 0 Å². The van der Waals surface area contributed by atoms with Crippen molar-refractivity contribution in [2.75, 3.05) is 25.0 Å². The minimum absolute atomic E-state index is 0.323. The van der Waals surface area contributed by atoms with E-state index in [9.17, 15) is 0 Å². The highest BCUT2D eigenvalue weighted by Gasteiger charge is 2.19. The summed E-state index contributed by atoms with van der Waals surface area (Å²) in [6, 6.07) is 4.68. The second kappa shape index (κ2) is 6.19. The Hall–Kier alpha value is -1.09. The average molecular weight is 247 g/mol. The Balaban J connectivity index is 2.04. The molecule has 1 aromatic heterocycles. The molecule has 1 aromatic rings. The molecular formula is C15H25N3. The number of hydrogen-bond acceptors (Lipinski definition) is 3. The average Bonchev–Trinajstić information content (AvgIpc) is 2.46. The second-order valence-electron chi connectivity index (χ2n) is 5.31. The molecule has 2 atom stereocenters. The van der Waals surface area contributed by atoms with Crippen molar-refractivity contribution in [2.24, 2.45) is 5.92 Å². The van der Waals surface area contributed by atoms with Gasteiger partial charge in [0.25, 0.3) is 0 Å². The largest absolute Gasteiger partial charge is 0.370 e. The monoisotopic (exact) mass is 247 g/mol. The van der Waals surface area contributed by atoms with E-state index in [0.717, 1.165) is 11.6 Å². The summed E-state index contributed by atoms with van der Waals surface area (Å²) in [6.45, 7) is 6.80. The van der Waals surface area contributed by atoms with Crippen LogP contribution in [0.3, 0.4) is 0 Å². The standard InChI is InChI=1S/C15H25N3/c1-4-13-6-5-9-18(11-13)14-7-8-15(17-10-14)12(2)16-3/h7-8,10,12-13,16H,4-6,9,11H2,1-3H3. The van der Waals surface area contributed by atoms with Gasteiger partial charge in [0.2, 0.25) is 0 Å². The molecule has 100 valence electrons. The van der Waals surface area contributed by atoms with Crippen molar-refractivity contribution in [1.29, 1.82) is 0 Å². The van der Waals surface area contributed by atoms with Crippen molar-refractivity contribution in [3.05, 3.63) is 24.0 Å². The molecule has 0 saturated carbocycles. The van der Waals surface area contributed by atoms with Crippen molar-refractivity contribution < 1.29 is 0 Å². The van der Waals surface area contributed by atoms with Gasteiger partial charge in [-0.3, -0.25) is 4.98 Å². The van der Waals surface area contributed by atoms with Crippen LogP contribution in [0.25, 0.3) is 0 Å². The molecule has 1 N–H and O–H groups in total. The minimum Gasteiger partial charge on any atom is -0.370 e. The van der Waals surface area contributed by atoms with E-state index in [0.29, 0.717) is 6.04 Å². The van der Waals surface area contributed by atoms with E-state index in [-0.39, 0.29) is 0 Å². The number of pyridine rings is 1. The van der Waals surface area contributed by atoms with E-state index in [4.69, 9.17) is 0 Å². The van der Waals surface area contributed by atoms with Gasteiger partial charge in [0.05, 0.1) is 17.6 Å². The first-order valence-corrected chi connectivity index (χ1v) is 7.12. The van der Waals surface area contributed by atoms with Crippen molar-refractivity contribution in [1.82, 2.24) is 10.3 Å². The highest BCUT2D eigenvalue weighted by Crippen LogP contribution is 2.24. The molecule has 2 unspecified atom stereocenters. The summed E-state index contributed by atoms with van der Waals surface area (Å²) in [5, 5.41) is 3.22. The van der Waals surface area contributed by atoms with Gasteiger partial charge in [-0.25, -0.2) is 0 Å². The van der Waals surface area contributed by atoms with Crippen molar-refractivity contribution in [2.45, 2.75) is 39.2 Å². The summed E-state index contributed by atoms with van der Waals surface area (Å²) >= 11 is 0. The summed E-state index contributed by atoms with van der Waals surface area (Å²) in [4.78, 5) is 7.06. The van der Waals surface area contributed by atoms with Crippen LogP contribution in [0, 0.1) is 5.92 Å². The zero-order valence-electron chi connectivity index (χ0n) is 11.8. The zero-order chi connectivity index (χ0) is 13.0. The van der Waals surface area contributed by atoms with Gasteiger partial charge >= 0.3 is 0 Å². The van der Waals surface area contributed by atoms with E-state index in [1.807, 2.05) is 13.2 Å². The van der Waals surface area contributed by atoms with Crippen LogP contribution in [0.5, 0.6) is 0 Å². The Labute approximate surface area is 111 Å². The summed E-state index contributed by atoms with van der Waals surface area (Å²) in [5.41, 5.74) is 2.39. The van der Waals surface area contributed by atoms with Gasteiger partial charge in [-0.1, -0.05) is 13.3 Å². The molecule has 3 nitrogen and oxygen atoms in total. The predicted octanol–water partition coefficient (Wildman–Crippen LogP) is 2.99. The van der Waals surface area contributed by atoms with Crippen molar-refractivity contribution >= 4 is 5.69 Å². The van der Waals surface area contributed by atoms with Crippen molar-refractivity contribution in [3.63, 3.8) is 0 Å². The Morgan fingerprint density at radius 1 is 1.50 bits per heavy atom. The van der Waals surface area contributed by atoms with Gasteiger partial charge in [-0.15, -0.1) is 0 Å². The highest BCUT2D eigenvalue weighted by atomic mass is 15.1. The van der Waals surface area contributed by atoms with Crippen LogP contribution in [0.1, 0.15) is 44.8 Å². The highest BCUT2D eigenvalue weighted by molar-refractivity contribution is 5.45.